The van der Waals surface area contributed by atoms with Crippen molar-refractivity contribution >= 4 is 21.9 Å². The second-order valence-electron chi connectivity index (χ2n) is 2.65. The molecule has 0 saturated heterocycles. The van der Waals surface area contributed by atoms with E-state index in [1.807, 2.05) is 0 Å². The summed E-state index contributed by atoms with van der Waals surface area (Å²) < 4.78 is 35.9. The number of anilines is 1. The highest BCUT2D eigenvalue weighted by Crippen LogP contribution is 2.16. The average molecular weight is 234 g/mol. The predicted octanol–water partition coefficient (Wildman–Crippen LogP) is 0.139. The number of carboxylic acids is 1. The molecule has 0 aromatic heterocycles. The van der Waals surface area contributed by atoms with Crippen LogP contribution in [0.25, 0.3) is 0 Å². The molecule has 0 radical (unpaired) electrons. The lowest BCUT2D eigenvalue weighted by atomic mass is 10.2. The molecule has 1 aromatic rings. The molecule has 0 heterocycles. The zero-order valence-electron chi connectivity index (χ0n) is 7.27. The van der Waals surface area contributed by atoms with Gasteiger partial charge in [-0.3, -0.25) is 4.72 Å². The summed E-state index contributed by atoms with van der Waals surface area (Å²) in [5, 5.41) is 13.1. The van der Waals surface area contributed by atoms with Gasteiger partial charge >= 0.3 is 5.97 Å². The van der Waals surface area contributed by atoms with Crippen LogP contribution in [0.4, 0.5) is 10.1 Å². The molecule has 82 valence electrons. The molecule has 0 unspecified atom stereocenters. The molecule has 0 atom stereocenters. The van der Waals surface area contributed by atoms with Crippen molar-refractivity contribution in [3.63, 3.8) is 0 Å². The van der Waals surface area contributed by atoms with E-state index < -0.39 is 27.7 Å². The molecule has 1 rings (SSSR count). The summed E-state index contributed by atoms with van der Waals surface area (Å²) >= 11 is 0. The summed E-state index contributed by atoms with van der Waals surface area (Å²) in [5.41, 5.74) is -0.685. The number of hydrogen-bond donors (Lipinski definition) is 3. The first-order valence-electron chi connectivity index (χ1n) is 3.63. The first-order valence-corrected chi connectivity index (χ1v) is 5.17. The van der Waals surface area contributed by atoms with E-state index in [0.29, 0.717) is 6.07 Å². The molecule has 0 fully saturated rings. The zero-order chi connectivity index (χ0) is 11.6. The first kappa shape index (κ1) is 11.4. The van der Waals surface area contributed by atoms with Crippen LogP contribution in [0.1, 0.15) is 10.4 Å². The Balaban J connectivity index is 3.09. The van der Waals surface area contributed by atoms with Gasteiger partial charge in [-0.15, -0.1) is 0 Å². The number of nitrogens with one attached hydrogen (secondary N) is 1. The molecule has 0 amide bonds. The van der Waals surface area contributed by atoms with Crippen LogP contribution in [0.15, 0.2) is 18.2 Å². The minimum Gasteiger partial charge on any atom is -0.478 e. The molecule has 1 aromatic carbocycles. The Hall–Kier alpha value is -1.67. The van der Waals surface area contributed by atoms with Crippen LogP contribution < -0.4 is 9.86 Å². The summed E-state index contributed by atoms with van der Waals surface area (Å²) in [6.07, 6.45) is 0. The molecule has 0 aliphatic rings. The van der Waals surface area contributed by atoms with Crippen molar-refractivity contribution in [3.8, 4) is 0 Å². The number of rotatable bonds is 3. The Bertz CT molecular complexity index is 500. The van der Waals surface area contributed by atoms with Gasteiger partial charge in [0.25, 0.3) is 10.2 Å². The van der Waals surface area contributed by atoms with E-state index in [1.165, 1.54) is 0 Å². The Morgan fingerprint density at radius 1 is 1.47 bits per heavy atom. The minimum atomic E-state index is -4.07. The van der Waals surface area contributed by atoms with Gasteiger partial charge in [0.05, 0.1) is 11.3 Å². The van der Waals surface area contributed by atoms with Gasteiger partial charge in [-0.2, -0.15) is 8.42 Å². The normalized spacial score (nSPS) is 11.1. The van der Waals surface area contributed by atoms with Crippen LogP contribution in [-0.2, 0) is 10.2 Å². The van der Waals surface area contributed by atoms with E-state index in [4.69, 9.17) is 5.11 Å². The molecular weight excluding hydrogens is 227 g/mol. The van der Waals surface area contributed by atoms with Gasteiger partial charge in [-0.1, -0.05) is 0 Å². The van der Waals surface area contributed by atoms with Crippen molar-refractivity contribution in [3.05, 3.63) is 29.6 Å². The Morgan fingerprint density at radius 3 is 2.47 bits per heavy atom. The number of benzene rings is 1. The third-order valence-corrected chi connectivity index (χ3v) is 1.97. The SMILES string of the molecule is NS(=O)(=O)Nc1ccc(C(=O)O)cc1F. The Labute approximate surface area is 84.7 Å². The van der Waals surface area contributed by atoms with Crippen LogP contribution in [0.5, 0.6) is 0 Å². The number of aromatic carboxylic acids is 1. The molecular formula is C7H7FN2O4S. The maximum absolute atomic E-state index is 13.1. The van der Waals surface area contributed by atoms with Crippen LogP contribution in [0.3, 0.4) is 0 Å². The average Bonchev–Trinajstić information content (AvgIpc) is 2.05. The van der Waals surface area contributed by atoms with Crippen molar-refractivity contribution in [1.29, 1.82) is 0 Å². The van der Waals surface area contributed by atoms with Crippen LogP contribution in [0, 0.1) is 5.82 Å². The van der Waals surface area contributed by atoms with Crippen molar-refractivity contribution < 1.29 is 22.7 Å². The van der Waals surface area contributed by atoms with Gasteiger partial charge in [0.1, 0.15) is 5.82 Å². The molecule has 6 nitrogen and oxygen atoms in total. The zero-order valence-corrected chi connectivity index (χ0v) is 8.08. The molecule has 4 N–H and O–H groups in total. The molecule has 0 saturated carbocycles. The summed E-state index contributed by atoms with van der Waals surface area (Å²) in [6.45, 7) is 0. The summed E-state index contributed by atoms with van der Waals surface area (Å²) in [7, 11) is -4.07. The quantitative estimate of drug-likeness (QED) is 0.690. The standard InChI is InChI=1S/C7H7FN2O4S/c8-5-3-4(7(11)12)1-2-6(5)10-15(9,13)14/h1-3,10H,(H,11,12)(H2,9,13,14). The van der Waals surface area contributed by atoms with E-state index in [2.05, 4.69) is 5.14 Å². The maximum Gasteiger partial charge on any atom is 0.335 e. The second kappa shape index (κ2) is 3.83. The lowest BCUT2D eigenvalue weighted by Gasteiger charge is -2.04. The van der Waals surface area contributed by atoms with Crippen molar-refractivity contribution in [2.24, 2.45) is 5.14 Å². The van der Waals surface area contributed by atoms with E-state index in [9.17, 15) is 17.6 Å². The lowest BCUT2D eigenvalue weighted by Crippen LogP contribution is -2.22. The van der Waals surface area contributed by atoms with E-state index in [1.54, 1.807) is 4.72 Å². The molecule has 8 heteroatoms. The van der Waals surface area contributed by atoms with Crippen molar-refractivity contribution in [1.82, 2.24) is 0 Å². The Morgan fingerprint density at radius 2 is 2.07 bits per heavy atom. The number of nitrogens with two attached hydrogens (primary N) is 1. The number of halogens is 1. The van der Waals surface area contributed by atoms with Crippen molar-refractivity contribution in [2.75, 3.05) is 4.72 Å². The molecule has 15 heavy (non-hydrogen) atoms. The maximum atomic E-state index is 13.1. The number of carboxylic acid groups (broad SMARTS) is 1. The molecule has 0 aliphatic carbocycles. The third kappa shape index (κ3) is 3.18. The minimum absolute atomic E-state index is 0.285. The van der Waals surface area contributed by atoms with E-state index in [-0.39, 0.29) is 5.56 Å². The largest absolute Gasteiger partial charge is 0.478 e. The highest BCUT2D eigenvalue weighted by atomic mass is 32.2. The third-order valence-electron chi connectivity index (χ3n) is 1.47. The first-order chi connectivity index (χ1) is 6.79. The predicted molar refractivity (Wildman–Crippen MR) is 50.1 cm³/mol. The van der Waals surface area contributed by atoms with Crippen LogP contribution >= 0.6 is 0 Å². The smallest absolute Gasteiger partial charge is 0.335 e. The lowest BCUT2D eigenvalue weighted by molar-refractivity contribution is 0.0696. The van der Waals surface area contributed by atoms with Crippen LogP contribution in [-0.4, -0.2) is 19.5 Å². The fraction of sp³-hybridized carbons (Fsp3) is 0. The van der Waals surface area contributed by atoms with Gasteiger partial charge in [-0.05, 0) is 18.2 Å². The summed E-state index contributed by atoms with van der Waals surface area (Å²) in [5.74, 6) is -2.32. The van der Waals surface area contributed by atoms with Crippen molar-refractivity contribution in [2.45, 2.75) is 0 Å². The number of carbonyl (C=O) groups is 1. The second-order valence-corrected chi connectivity index (χ2v) is 3.94. The summed E-state index contributed by atoms with van der Waals surface area (Å²) in [6, 6.07) is 2.72. The molecule has 0 aliphatic heterocycles. The number of hydrogen-bond acceptors (Lipinski definition) is 3. The van der Waals surface area contributed by atoms with Gasteiger partial charge in [0.2, 0.25) is 0 Å². The molecule has 0 bridgehead atoms. The highest BCUT2D eigenvalue weighted by molar-refractivity contribution is 7.90. The van der Waals surface area contributed by atoms with E-state index >= 15 is 0 Å². The topological polar surface area (TPSA) is 109 Å². The fourth-order valence-electron chi connectivity index (χ4n) is 0.884. The van der Waals surface area contributed by atoms with E-state index in [0.717, 1.165) is 12.1 Å². The fourth-order valence-corrected chi connectivity index (χ4v) is 1.36. The van der Waals surface area contributed by atoms with Gasteiger partial charge in [0.15, 0.2) is 0 Å². The monoisotopic (exact) mass is 234 g/mol. The highest BCUT2D eigenvalue weighted by Gasteiger charge is 2.11. The van der Waals surface area contributed by atoms with Gasteiger partial charge in [-0.25, -0.2) is 14.3 Å². The van der Waals surface area contributed by atoms with Crippen LogP contribution in [0.2, 0.25) is 0 Å². The van der Waals surface area contributed by atoms with Gasteiger partial charge < -0.3 is 5.11 Å². The summed E-state index contributed by atoms with van der Waals surface area (Å²) in [4.78, 5) is 10.4. The molecule has 0 spiro atoms. The van der Waals surface area contributed by atoms with Gasteiger partial charge in [0, 0.05) is 0 Å². The Kier molecular flexibility index (Phi) is 2.91.